The summed E-state index contributed by atoms with van der Waals surface area (Å²) in [5.74, 6) is 0.00878. The average Bonchev–Trinajstić information content (AvgIpc) is 3.17. The molecule has 1 aromatic carbocycles. The van der Waals surface area contributed by atoms with Gasteiger partial charge in [-0.1, -0.05) is 18.2 Å². The minimum absolute atomic E-state index is 0.0403. The molecule has 1 atom stereocenters. The highest BCUT2D eigenvalue weighted by Crippen LogP contribution is 2.26. The Balaban J connectivity index is 1.97. The molecule has 0 bridgehead atoms. The number of hydrogen-bond acceptors (Lipinski definition) is 3. The van der Waals surface area contributed by atoms with Crippen molar-refractivity contribution in [3.05, 3.63) is 35.6 Å². The molecule has 5 heteroatoms. The minimum Gasteiger partial charge on any atom is -0.313 e. The van der Waals surface area contributed by atoms with Crippen molar-refractivity contribution in [2.24, 2.45) is 0 Å². The molecule has 1 saturated carbocycles. The molecule has 1 N–H and O–H groups in total. The Morgan fingerprint density at radius 3 is 2.65 bits per heavy atom. The molecule has 3 nitrogen and oxygen atoms in total. The number of nitrogens with one attached hydrogen (secondary N) is 1. The van der Waals surface area contributed by atoms with Crippen molar-refractivity contribution in [2.45, 2.75) is 37.6 Å². The lowest BCUT2D eigenvalue weighted by Crippen LogP contribution is -2.24. The molecular weight excluding hydrogens is 277 g/mol. The summed E-state index contributed by atoms with van der Waals surface area (Å²) < 4.78 is 36.3. The molecule has 1 aliphatic rings. The summed E-state index contributed by atoms with van der Waals surface area (Å²) in [4.78, 5) is 0. The lowest BCUT2D eigenvalue weighted by molar-refractivity contribution is 0.509. The van der Waals surface area contributed by atoms with Crippen LogP contribution in [0.1, 0.15) is 37.2 Å². The summed E-state index contributed by atoms with van der Waals surface area (Å²) in [6, 6.07) is 7.35. The van der Waals surface area contributed by atoms with Crippen molar-refractivity contribution in [3.8, 4) is 0 Å². The summed E-state index contributed by atoms with van der Waals surface area (Å²) in [6.07, 6.45) is 4.88. The van der Waals surface area contributed by atoms with E-state index in [2.05, 4.69) is 5.32 Å². The Morgan fingerprint density at radius 1 is 1.35 bits per heavy atom. The number of rotatable bonds is 8. The predicted octanol–water partition coefficient (Wildman–Crippen LogP) is 2.49. The van der Waals surface area contributed by atoms with Crippen molar-refractivity contribution in [2.75, 3.05) is 18.6 Å². The zero-order valence-corrected chi connectivity index (χ0v) is 12.6. The Kier molecular flexibility index (Phi) is 5.16. The number of halogens is 1. The van der Waals surface area contributed by atoms with E-state index in [1.807, 2.05) is 6.07 Å². The van der Waals surface area contributed by atoms with Gasteiger partial charge in [-0.2, -0.15) is 0 Å². The third-order valence-corrected chi connectivity index (χ3v) is 4.67. The number of benzene rings is 1. The molecule has 0 aromatic heterocycles. The Labute approximate surface area is 120 Å². The van der Waals surface area contributed by atoms with Gasteiger partial charge in [0.15, 0.2) is 0 Å². The Bertz CT molecular complexity index is 541. The molecular formula is C15H22FNO2S. The third kappa shape index (κ3) is 5.21. The van der Waals surface area contributed by atoms with E-state index >= 15 is 0 Å². The second-order valence-electron chi connectivity index (χ2n) is 5.67. The quantitative estimate of drug-likeness (QED) is 0.802. The van der Waals surface area contributed by atoms with Gasteiger partial charge < -0.3 is 5.32 Å². The molecule has 0 amide bonds. The number of sulfone groups is 1. The summed E-state index contributed by atoms with van der Waals surface area (Å²) in [5.41, 5.74) is 0.689. The first-order valence-corrected chi connectivity index (χ1v) is 9.17. The van der Waals surface area contributed by atoms with E-state index < -0.39 is 9.84 Å². The van der Waals surface area contributed by atoms with E-state index in [1.165, 1.54) is 25.2 Å². The van der Waals surface area contributed by atoms with Crippen LogP contribution < -0.4 is 5.32 Å². The van der Waals surface area contributed by atoms with Crippen LogP contribution in [0.4, 0.5) is 4.39 Å². The first-order valence-electron chi connectivity index (χ1n) is 7.11. The fraction of sp³-hybridized carbons (Fsp3) is 0.600. The van der Waals surface area contributed by atoms with Gasteiger partial charge in [0, 0.05) is 24.6 Å². The summed E-state index contributed by atoms with van der Waals surface area (Å²) in [6.45, 7) is 0.718. The van der Waals surface area contributed by atoms with Crippen LogP contribution in [0.5, 0.6) is 0 Å². The van der Waals surface area contributed by atoms with E-state index in [1.54, 1.807) is 12.1 Å². The minimum atomic E-state index is -2.95. The molecule has 0 saturated heterocycles. The smallest absolute Gasteiger partial charge is 0.147 e. The van der Waals surface area contributed by atoms with Crippen LogP contribution in [0.25, 0.3) is 0 Å². The predicted molar refractivity (Wildman–Crippen MR) is 79.1 cm³/mol. The van der Waals surface area contributed by atoms with Gasteiger partial charge in [0.05, 0.1) is 0 Å². The highest BCUT2D eigenvalue weighted by Gasteiger charge is 2.23. The van der Waals surface area contributed by atoms with Crippen molar-refractivity contribution in [3.63, 3.8) is 0 Å². The van der Waals surface area contributed by atoms with Gasteiger partial charge in [-0.15, -0.1) is 0 Å². The van der Waals surface area contributed by atoms with E-state index in [-0.39, 0.29) is 17.5 Å². The lowest BCUT2D eigenvalue weighted by atomic mass is 9.94. The molecule has 112 valence electrons. The van der Waals surface area contributed by atoms with Crippen LogP contribution in [-0.2, 0) is 9.84 Å². The van der Waals surface area contributed by atoms with E-state index in [0.29, 0.717) is 24.4 Å². The van der Waals surface area contributed by atoms with Crippen molar-refractivity contribution >= 4 is 9.84 Å². The van der Waals surface area contributed by atoms with Crippen molar-refractivity contribution < 1.29 is 12.8 Å². The number of hydrogen-bond donors (Lipinski definition) is 1. The van der Waals surface area contributed by atoms with Crippen LogP contribution in [-0.4, -0.2) is 33.0 Å². The first kappa shape index (κ1) is 15.4. The molecule has 0 spiro atoms. The molecule has 0 heterocycles. The summed E-state index contributed by atoms with van der Waals surface area (Å²) in [7, 11) is -2.95. The normalized spacial score (nSPS) is 17.1. The first-order chi connectivity index (χ1) is 9.46. The maximum Gasteiger partial charge on any atom is 0.147 e. The third-order valence-electron chi connectivity index (χ3n) is 3.64. The van der Waals surface area contributed by atoms with Gasteiger partial charge in [0.1, 0.15) is 15.7 Å². The average molecular weight is 299 g/mol. The van der Waals surface area contributed by atoms with Gasteiger partial charge in [0.2, 0.25) is 0 Å². The maximum atomic E-state index is 13.9. The zero-order chi connectivity index (χ0) is 14.6. The van der Waals surface area contributed by atoms with Gasteiger partial charge >= 0.3 is 0 Å². The van der Waals surface area contributed by atoms with Crippen LogP contribution in [0.2, 0.25) is 0 Å². The standard InChI is InChI=1S/C15H22FNO2S/c1-20(18,19)10-4-5-12(11-17-13-8-9-13)14-6-2-3-7-15(14)16/h2-3,6-7,12-13,17H,4-5,8-11H2,1H3. The molecule has 1 aromatic rings. The van der Waals surface area contributed by atoms with E-state index in [0.717, 1.165) is 6.54 Å². The zero-order valence-electron chi connectivity index (χ0n) is 11.8. The molecule has 2 rings (SSSR count). The lowest BCUT2D eigenvalue weighted by Gasteiger charge is -2.18. The van der Waals surface area contributed by atoms with Crippen LogP contribution >= 0.6 is 0 Å². The fourth-order valence-electron chi connectivity index (χ4n) is 2.36. The molecule has 0 radical (unpaired) electrons. The monoisotopic (exact) mass is 299 g/mol. The fourth-order valence-corrected chi connectivity index (χ4v) is 3.05. The van der Waals surface area contributed by atoms with Crippen LogP contribution in [0, 0.1) is 5.82 Å². The second-order valence-corrected chi connectivity index (χ2v) is 7.93. The SMILES string of the molecule is CS(=O)(=O)CCCC(CNC1CC1)c1ccccc1F. The highest BCUT2D eigenvalue weighted by molar-refractivity contribution is 7.90. The van der Waals surface area contributed by atoms with E-state index in [9.17, 15) is 12.8 Å². The Morgan fingerprint density at radius 2 is 2.05 bits per heavy atom. The summed E-state index contributed by atoms with van der Waals surface area (Å²) in [5, 5.41) is 3.41. The summed E-state index contributed by atoms with van der Waals surface area (Å²) >= 11 is 0. The Hall–Kier alpha value is -0.940. The molecule has 1 unspecified atom stereocenters. The molecule has 0 aliphatic heterocycles. The molecule has 20 heavy (non-hydrogen) atoms. The largest absolute Gasteiger partial charge is 0.313 e. The second kappa shape index (κ2) is 6.68. The van der Waals surface area contributed by atoms with Crippen molar-refractivity contribution in [1.29, 1.82) is 0 Å². The molecule has 1 fully saturated rings. The van der Waals surface area contributed by atoms with Crippen LogP contribution in [0.3, 0.4) is 0 Å². The van der Waals surface area contributed by atoms with E-state index in [4.69, 9.17) is 0 Å². The van der Waals surface area contributed by atoms with Gasteiger partial charge in [-0.25, -0.2) is 12.8 Å². The van der Waals surface area contributed by atoms with Crippen LogP contribution in [0.15, 0.2) is 24.3 Å². The topological polar surface area (TPSA) is 46.2 Å². The molecule has 1 aliphatic carbocycles. The van der Waals surface area contributed by atoms with Gasteiger partial charge in [-0.3, -0.25) is 0 Å². The van der Waals surface area contributed by atoms with Crippen molar-refractivity contribution in [1.82, 2.24) is 5.32 Å². The maximum absolute atomic E-state index is 13.9. The van der Waals surface area contributed by atoms with Gasteiger partial charge in [-0.05, 0) is 43.2 Å². The highest BCUT2D eigenvalue weighted by atomic mass is 32.2. The van der Waals surface area contributed by atoms with Gasteiger partial charge in [0.25, 0.3) is 0 Å².